The molecule has 2 aromatic heterocycles. The number of pyridine rings is 1. The molecule has 1 amide bonds. The average Bonchev–Trinajstić information content (AvgIpc) is 2.93. The summed E-state index contributed by atoms with van der Waals surface area (Å²) in [4.78, 5) is 26.8. The number of nitrogens with one attached hydrogen (secondary N) is 1. The Labute approximate surface area is 115 Å². The van der Waals surface area contributed by atoms with Gasteiger partial charge in [-0.05, 0) is 18.2 Å². The molecule has 0 aromatic carbocycles. The maximum absolute atomic E-state index is 12.0. The zero-order valence-corrected chi connectivity index (χ0v) is 10.9. The van der Waals surface area contributed by atoms with Crippen LogP contribution in [-0.2, 0) is 13.0 Å². The third kappa shape index (κ3) is 3.03. The van der Waals surface area contributed by atoms with Gasteiger partial charge in [0.25, 0.3) is 5.91 Å². The van der Waals surface area contributed by atoms with E-state index in [1.807, 2.05) is 6.92 Å². The van der Waals surface area contributed by atoms with E-state index in [0.29, 0.717) is 23.4 Å². The van der Waals surface area contributed by atoms with Crippen LogP contribution in [0.2, 0.25) is 0 Å². The van der Waals surface area contributed by atoms with Crippen molar-refractivity contribution in [3.05, 3.63) is 53.2 Å². The van der Waals surface area contributed by atoms with Crippen LogP contribution in [0.25, 0.3) is 0 Å². The molecule has 0 unspecified atom stereocenters. The van der Waals surface area contributed by atoms with E-state index in [9.17, 15) is 9.59 Å². The minimum atomic E-state index is -1.02. The fraction of sp³-hybridized carbons (Fsp3) is 0.214. The third-order valence-corrected chi connectivity index (χ3v) is 2.80. The molecule has 0 spiro atoms. The SMILES string of the molecule is CCc1occc1C(=O)NCc1cc(C(=O)O)ccn1. The lowest BCUT2D eigenvalue weighted by molar-refractivity contribution is 0.0696. The lowest BCUT2D eigenvalue weighted by Gasteiger charge is -2.05. The number of amides is 1. The normalized spacial score (nSPS) is 10.2. The fourth-order valence-electron chi connectivity index (χ4n) is 1.79. The second kappa shape index (κ2) is 6.01. The standard InChI is InChI=1S/C14H14N2O4/c1-2-12-11(4-6-20-12)13(17)16-8-10-7-9(14(18)19)3-5-15-10/h3-7H,2,8H2,1H3,(H,16,17)(H,18,19). The first-order valence-corrected chi connectivity index (χ1v) is 6.14. The molecule has 0 bridgehead atoms. The number of carbonyl (C=O) groups is 2. The first-order chi connectivity index (χ1) is 9.61. The molecule has 104 valence electrons. The number of rotatable bonds is 5. The molecule has 20 heavy (non-hydrogen) atoms. The zero-order valence-electron chi connectivity index (χ0n) is 10.9. The highest BCUT2D eigenvalue weighted by Crippen LogP contribution is 2.11. The molecule has 0 atom stereocenters. The summed E-state index contributed by atoms with van der Waals surface area (Å²) in [6, 6.07) is 4.44. The van der Waals surface area contributed by atoms with Crippen molar-refractivity contribution in [3.63, 3.8) is 0 Å². The molecule has 6 heteroatoms. The topological polar surface area (TPSA) is 92.4 Å². The average molecular weight is 274 g/mol. The number of nitrogens with zero attached hydrogens (tertiary/aromatic N) is 1. The monoisotopic (exact) mass is 274 g/mol. The zero-order chi connectivity index (χ0) is 14.5. The fourth-order valence-corrected chi connectivity index (χ4v) is 1.79. The van der Waals surface area contributed by atoms with Crippen LogP contribution in [0.15, 0.2) is 35.1 Å². The van der Waals surface area contributed by atoms with Crippen LogP contribution in [0.3, 0.4) is 0 Å². The van der Waals surface area contributed by atoms with Gasteiger partial charge in [-0.25, -0.2) is 4.79 Å². The van der Waals surface area contributed by atoms with E-state index in [4.69, 9.17) is 9.52 Å². The molecule has 0 aliphatic rings. The Morgan fingerprint density at radius 1 is 1.40 bits per heavy atom. The molecule has 0 saturated heterocycles. The van der Waals surface area contributed by atoms with E-state index >= 15 is 0 Å². The number of hydrogen-bond acceptors (Lipinski definition) is 4. The summed E-state index contributed by atoms with van der Waals surface area (Å²) in [5.74, 6) is -0.670. The second-order valence-electron chi connectivity index (χ2n) is 4.13. The van der Waals surface area contributed by atoms with Gasteiger partial charge >= 0.3 is 5.97 Å². The molecule has 0 radical (unpaired) electrons. The minimum Gasteiger partial charge on any atom is -0.478 e. The van der Waals surface area contributed by atoms with Gasteiger partial charge in [0.05, 0.1) is 29.6 Å². The lowest BCUT2D eigenvalue weighted by Crippen LogP contribution is -2.24. The highest BCUT2D eigenvalue weighted by atomic mass is 16.4. The number of aromatic nitrogens is 1. The van der Waals surface area contributed by atoms with E-state index < -0.39 is 5.97 Å². The largest absolute Gasteiger partial charge is 0.478 e. The van der Waals surface area contributed by atoms with Gasteiger partial charge in [0.2, 0.25) is 0 Å². The van der Waals surface area contributed by atoms with Gasteiger partial charge in [0.1, 0.15) is 5.76 Å². The molecular weight excluding hydrogens is 260 g/mol. The molecule has 2 aromatic rings. The Kier molecular flexibility index (Phi) is 4.14. The predicted molar refractivity (Wildman–Crippen MR) is 70.5 cm³/mol. The molecule has 0 saturated carbocycles. The van der Waals surface area contributed by atoms with Crippen molar-refractivity contribution < 1.29 is 19.1 Å². The highest BCUT2D eigenvalue weighted by molar-refractivity contribution is 5.95. The number of hydrogen-bond donors (Lipinski definition) is 2. The van der Waals surface area contributed by atoms with Crippen LogP contribution in [-0.4, -0.2) is 22.0 Å². The summed E-state index contributed by atoms with van der Waals surface area (Å²) in [6.45, 7) is 2.06. The van der Waals surface area contributed by atoms with Gasteiger partial charge in [-0.3, -0.25) is 9.78 Å². The van der Waals surface area contributed by atoms with Crippen LogP contribution in [0.5, 0.6) is 0 Å². The van der Waals surface area contributed by atoms with Gasteiger partial charge in [-0.2, -0.15) is 0 Å². The summed E-state index contributed by atoms with van der Waals surface area (Å²) in [5.41, 5.74) is 1.11. The lowest BCUT2D eigenvalue weighted by atomic mass is 10.2. The highest BCUT2D eigenvalue weighted by Gasteiger charge is 2.13. The summed E-state index contributed by atoms with van der Waals surface area (Å²) in [6.07, 6.45) is 3.50. The minimum absolute atomic E-state index is 0.141. The number of carboxylic acids is 1. The summed E-state index contributed by atoms with van der Waals surface area (Å²) >= 11 is 0. The molecule has 2 rings (SSSR count). The predicted octanol–water partition coefficient (Wildman–Crippen LogP) is 1.87. The smallest absolute Gasteiger partial charge is 0.335 e. The number of carboxylic acid groups (broad SMARTS) is 1. The Balaban J connectivity index is 2.03. The van der Waals surface area contributed by atoms with Crippen LogP contribution in [0.4, 0.5) is 0 Å². The first-order valence-electron chi connectivity index (χ1n) is 6.14. The van der Waals surface area contributed by atoms with Crippen LogP contribution in [0, 0.1) is 0 Å². The van der Waals surface area contributed by atoms with E-state index in [0.717, 1.165) is 0 Å². The van der Waals surface area contributed by atoms with E-state index in [1.165, 1.54) is 24.6 Å². The number of aromatic carboxylic acids is 1. The Bertz CT molecular complexity index is 634. The van der Waals surface area contributed by atoms with Crippen LogP contribution >= 0.6 is 0 Å². The van der Waals surface area contributed by atoms with Gasteiger partial charge < -0.3 is 14.8 Å². The van der Waals surface area contributed by atoms with Gasteiger partial charge in [-0.1, -0.05) is 6.92 Å². The van der Waals surface area contributed by atoms with Crippen molar-refractivity contribution in [2.75, 3.05) is 0 Å². The van der Waals surface area contributed by atoms with Crippen molar-refractivity contribution in [2.24, 2.45) is 0 Å². The molecular formula is C14H14N2O4. The van der Waals surface area contributed by atoms with Crippen LogP contribution in [0.1, 0.15) is 39.1 Å². The molecule has 2 N–H and O–H groups in total. The van der Waals surface area contributed by atoms with Crippen molar-refractivity contribution in [1.82, 2.24) is 10.3 Å². The van der Waals surface area contributed by atoms with E-state index in [1.54, 1.807) is 6.07 Å². The Morgan fingerprint density at radius 2 is 2.20 bits per heavy atom. The van der Waals surface area contributed by atoms with Crippen molar-refractivity contribution in [1.29, 1.82) is 0 Å². The molecule has 2 heterocycles. The molecule has 0 fully saturated rings. The quantitative estimate of drug-likeness (QED) is 0.868. The van der Waals surface area contributed by atoms with E-state index in [-0.39, 0.29) is 18.0 Å². The summed E-state index contributed by atoms with van der Waals surface area (Å²) < 4.78 is 5.18. The van der Waals surface area contributed by atoms with Crippen LogP contribution < -0.4 is 5.32 Å². The number of furan rings is 1. The van der Waals surface area contributed by atoms with Gasteiger partial charge in [-0.15, -0.1) is 0 Å². The molecule has 6 nitrogen and oxygen atoms in total. The van der Waals surface area contributed by atoms with Crippen molar-refractivity contribution >= 4 is 11.9 Å². The summed E-state index contributed by atoms with van der Waals surface area (Å²) in [7, 11) is 0. The second-order valence-corrected chi connectivity index (χ2v) is 4.13. The van der Waals surface area contributed by atoms with Gasteiger partial charge in [0.15, 0.2) is 0 Å². The first kappa shape index (κ1) is 13.8. The van der Waals surface area contributed by atoms with Crippen molar-refractivity contribution in [2.45, 2.75) is 19.9 Å². The Hall–Kier alpha value is -2.63. The Morgan fingerprint density at radius 3 is 2.90 bits per heavy atom. The number of carbonyl (C=O) groups excluding carboxylic acids is 1. The van der Waals surface area contributed by atoms with E-state index in [2.05, 4.69) is 10.3 Å². The molecule has 0 aliphatic carbocycles. The summed E-state index contributed by atoms with van der Waals surface area (Å²) in [5, 5.41) is 11.6. The molecule has 0 aliphatic heterocycles. The maximum Gasteiger partial charge on any atom is 0.335 e. The van der Waals surface area contributed by atoms with Gasteiger partial charge in [0, 0.05) is 12.6 Å². The number of aryl methyl sites for hydroxylation is 1. The third-order valence-electron chi connectivity index (χ3n) is 2.80. The van der Waals surface area contributed by atoms with Crippen molar-refractivity contribution in [3.8, 4) is 0 Å². The maximum atomic E-state index is 12.0.